The summed E-state index contributed by atoms with van der Waals surface area (Å²) in [4.78, 5) is 10.9. The van der Waals surface area contributed by atoms with Gasteiger partial charge in [0, 0.05) is 12.8 Å². The lowest BCUT2D eigenvalue weighted by molar-refractivity contribution is -0.0722. The molecule has 1 aromatic rings. The molecular formula is C14H17BrO4. The van der Waals surface area contributed by atoms with E-state index in [2.05, 4.69) is 15.9 Å². The zero-order valence-electron chi connectivity index (χ0n) is 10.9. The predicted octanol–water partition coefficient (Wildman–Crippen LogP) is 3.48. The normalized spacial score (nSPS) is 27.0. The summed E-state index contributed by atoms with van der Waals surface area (Å²) in [5.74, 6) is -0.267. The molecule has 0 saturated carbocycles. The molecule has 0 amide bonds. The molecule has 1 saturated heterocycles. The molecule has 2 atom stereocenters. The molecule has 2 unspecified atom stereocenters. The fourth-order valence-electron chi connectivity index (χ4n) is 2.35. The molecule has 1 heterocycles. The number of carbonyl (C=O) groups is 1. The largest absolute Gasteiger partial charge is 0.489 e. The van der Waals surface area contributed by atoms with Gasteiger partial charge in [0.25, 0.3) is 0 Å². The Balaban J connectivity index is 2.08. The third kappa shape index (κ3) is 3.70. The van der Waals surface area contributed by atoms with E-state index in [0.29, 0.717) is 10.2 Å². The predicted molar refractivity (Wildman–Crippen MR) is 74.8 cm³/mol. The van der Waals surface area contributed by atoms with Crippen LogP contribution in [0.4, 0.5) is 0 Å². The van der Waals surface area contributed by atoms with Gasteiger partial charge in [-0.25, -0.2) is 4.79 Å². The molecule has 0 spiro atoms. The Kier molecular flexibility index (Phi) is 4.47. The number of halogens is 1. The van der Waals surface area contributed by atoms with E-state index in [1.54, 1.807) is 18.2 Å². The van der Waals surface area contributed by atoms with E-state index in [-0.39, 0.29) is 23.9 Å². The first-order valence-corrected chi connectivity index (χ1v) is 7.10. The number of benzene rings is 1. The van der Waals surface area contributed by atoms with Crippen LogP contribution >= 0.6 is 15.9 Å². The Labute approximate surface area is 120 Å². The summed E-state index contributed by atoms with van der Waals surface area (Å²) in [6, 6.07) is 4.80. The van der Waals surface area contributed by atoms with Crippen LogP contribution in [0.1, 0.15) is 37.0 Å². The molecule has 19 heavy (non-hydrogen) atoms. The lowest BCUT2D eigenvalue weighted by Gasteiger charge is -2.32. The molecule has 4 nitrogen and oxygen atoms in total. The summed E-state index contributed by atoms with van der Waals surface area (Å²) in [5, 5.41) is 8.91. The number of carboxylic acid groups (broad SMARTS) is 1. The average molecular weight is 329 g/mol. The van der Waals surface area contributed by atoms with Gasteiger partial charge in [0.1, 0.15) is 11.9 Å². The molecule has 1 fully saturated rings. The average Bonchev–Trinajstić information content (AvgIpc) is 2.30. The van der Waals surface area contributed by atoms with E-state index in [1.165, 1.54) is 0 Å². The summed E-state index contributed by atoms with van der Waals surface area (Å²) in [6.07, 6.45) is 2.16. The first kappa shape index (κ1) is 14.3. The van der Waals surface area contributed by atoms with Gasteiger partial charge in [0.05, 0.1) is 22.2 Å². The summed E-state index contributed by atoms with van der Waals surface area (Å²) in [5.41, 5.74) is 0.243. The van der Waals surface area contributed by atoms with Crippen molar-refractivity contribution in [3.05, 3.63) is 28.2 Å². The molecule has 0 radical (unpaired) electrons. The van der Waals surface area contributed by atoms with E-state index < -0.39 is 5.97 Å². The van der Waals surface area contributed by atoms with Crippen LogP contribution in [0, 0.1) is 0 Å². The Morgan fingerprint density at radius 3 is 2.53 bits per heavy atom. The van der Waals surface area contributed by atoms with Crippen molar-refractivity contribution in [3.8, 4) is 5.75 Å². The second-order valence-electron chi connectivity index (χ2n) is 4.92. The van der Waals surface area contributed by atoms with Crippen molar-refractivity contribution in [1.29, 1.82) is 0 Å². The molecule has 1 aromatic carbocycles. The summed E-state index contributed by atoms with van der Waals surface area (Å²) < 4.78 is 12.3. The van der Waals surface area contributed by atoms with Crippen LogP contribution in [-0.4, -0.2) is 29.4 Å². The second kappa shape index (κ2) is 5.92. The lowest BCUT2D eigenvalue weighted by Crippen LogP contribution is -2.35. The zero-order valence-corrected chi connectivity index (χ0v) is 12.5. The number of hydrogen-bond donors (Lipinski definition) is 1. The van der Waals surface area contributed by atoms with Crippen molar-refractivity contribution in [2.45, 2.75) is 45.0 Å². The number of carboxylic acids is 1. The monoisotopic (exact) mass is 328 g/mol. The van der Waals surface area contributed by atoms with E-state index in [4.69, 9.17) is 14.6 Å². The number of rotatable bonds is 3. The van der Waals surface area contributed by atoms with Gasteiger partial charge in [-0.1, -0.05) is 0 Å². The highest BCUT2D eigenvalue weighted by atomic mass is 79.9. The Morgan fingerprint density at radius 1 is 1.37 bits per heavy atom. The van der Waals surface area contributed by atoms with Gasteiger partial charge >= 0.3 is 5.97 Å². The third-order valence-corrected chi connectivity index (χ3v) is 3.75. The summed E-state index contributed by atoms with van der Waals surface area (Å²) in [7, 11) is 0. The van der Waals surface area contributed by atoms with Gasteiger partial charge in [-0.15, -0.1) is 0 Å². The van der Waals surface area contributed by atoms with Crippen LogP contribution in [0.15, 0.2) is 22.7 Å². The highest BCUT2D eigenvalue weighted by molar-refractivity contribution is 9.10. The van der Waals surface area contributed by atoms with E-state index in [9.17, 15) is 4.79 Å². The van der Waals surface area contributed by atoms with Crippen LogP contribution in [-0.2, 0) is 4.74 Å². The highest BCUT2D eigenvalue weighted by Crippen LogP contribution is 2.30. The van der Waals surface area contributed by atoms with Gasteiger partial charge in [-0.05, 0) is 48.0 Å². The molecule has 1 aliphatic heterocycles. The SMILES string of the molecule is CC1CC(Oc2ccc(C(=O)O)cc2Br)CC(C)O1. The van der Waals surface area contributed by atoms with Crippen LogP contribution in [0.25, 0.3) is 0 Å². The van der Waals surface area contributed by atoms with E-state index >= 15 is 0 Å². The van der Waals surface area contributed by atoms with Gasteiger partial charge < -0.3 is 14.6 Å². The maximum absolute atomic E-state index is 10.9. The third-order valence-electron chi connectivity index (χ3n) is 3.13. The fraction of sp³-hybridized carbons (Fsp3) is 0.500. The Hall–Kier alpha value is -1.07. The highest BCUT2D eigenvalue weighted by Gasteiger charge is 2.26. The molecule has 0 aromatic heterocycles. The van der Waals surface area contributed by atoms with Crippen LogP contribution in [0.3, 0.4) is 0 Å². The minimum atomic E-state index is -0.944. The van der Waals surface area contributed by atoms with E-state index in [1.807, 2.05) is 13.8 Å². The first-order valence-electron chi connectivity index (χ1n) is 6.30. The standard InChI is InChI=1S/C14H17BrO4/c1-8-5-11(6-9(2)18-8)19-13-4-3-10(14(16)17)7-12(13)15/h3-4,7-9,11H,5-6H2,1-2H3,(H,16,17). The molecule has 1 aliphatic rings. The molecule has 0 bridgehead atoms. The topological polar surface area (TPSA) is 55.8 Å². The van der Waals surface area contributed by atoms with Crippen molar-refractivity contribution in [2.24, 2.45) is 0 Å². The fourth-order valence-corrected chi connectivity index (χ4v) is 2.82. The number of ether oxygens (including phenoxy) is 2. The molecule has 0 aliphatic carbocycles. The zero-order chi connectivity index (χ0) is 14.0. The minimum absolute atomic E-state index is 0.103. The number of hydrogen-bond acceptors (Lipinski definition) is 3. The van der Waals surface area contributed by atoms with Crippen molar-refractivity contribution in [3.63, 3.8) is 0 Å². The first-order chi connectivity index (χ1) is 8.95. The van der Waals surface area contributed by atoms with Crippen LogP contribution in [0.2, 0.25) is 0 Å². The van der Waals surface area contributed by atoms with Crippen LogP contribution in [0.5, 0.6) is 5.75 Å². The van der Waals surface area contributed by atoms with Crippen molar-refractivity contribution < 1.29 is 19.4 Å². The van der Waals surface area contributed by atoms with Gasteiger partial charge in [-0.3, -0.25) is 0 Å². The molecule has 104 valence electrons. The van der Waals surface area contributed by atoms with Gasteiger partial charge in [0.15, 0.2) is 0 Å². The molecule has 2 rings (SSSR count). The molecule has 1 N–H and O–H groups in total. The van der Waals surface area contributed by atoms with Gasteiger partial charge in [-0.2, -0.15) is 0 Å². The molecular weight excluding hydrogens is 312 g/mol. The lowest BCUT2D eigenvalue weighted by atomic mass is 10.0. The van der Waals surface area contributed by atoms with Crippen molar-refractivity contribution in [2.75, 3.05) is 0 Å². The van der Waals surface area contributed by atoms with Crippen molar-refractivity contribution >= 4 is 21.9 Å². The smallest absolute Gasteiger partial charge is 0.335 e. The Bertz CT molecular complexity index is 465. The maximum atomic E-state index is 10.9. The Morgan fingerprint density at radius 2 is 2.00 bits per heavy atom. The second-order valence-corrected chi connectivity index (χ2v) is 5.77. The summed E-state index contributed by atoms with van der Waals surface area (Å²) >= 11 is 3.35. The quantitative estimate of drug-likeness (QED) is 0.922. The van der Waals surface area contributed by atoms with Crippen molar-refractivity contribution in [1.82, 2.24) is 0 Å². The van der Waals surface area contributed by atoms with E-state index in [0.717, 1.165) is 12.8 Å². The minimum Gasteiger partial charge on any atom is -0.489 e. The maximum Gasteiger partial charge on any atom is 0.335 e. The number of aromatic carboxylic acids is 1. The van der Waals surface area contributed by atoms with Crippen LogP contribution < -0.4 is 4.74 Å². The van der Waals surface area contributed by atoms with Gasteiger partial charge in [0.2, 0.25) is 0 Å². The summed E-state index contributed by atoms with van der Waals surface area (Å²) in [6.45, 7) is 4.07. The molecule has 5 heteroatoms.